The van der Waals surface area contributed by atoms with Crippen LogP contribution in [0.3, 0.4) is 0 Å². The summed E-state index contributed by atoms with van der Waals surface area (Å²) in [5.41, 5.74) is 2.00. The number of rotatable bonds is 2. The minimum atomic E-state index is 0.553. The molecule has 0 unspecified atom stereocenters. The number of halogens is 1. The number of hydrogen-bond donors (Lipinski definition) is 0. The zero-order valence-electron chi connectivity index (χ0n) is 7.79. The first-order valence-electron chi connectivity index (χ1n) is 4.16. The monoisotopic (exact) mass is 193 g/mol. The molecule has 1 aromatic carbocycles. The molecule has 0 saturated heterocycles. The minimum Gasteiger partial charge on any atom is -0.241 e. The van der Waals surface area contributed by atoms with Gasteiger partial charge in [-0.2, -0.15) is 0 Å². The maximum absolute atomic E-state index is 5.71. The summed E-state index contributed by atoms with van der Waals surface area (Å²) in [6, 6.07) is 7.89. The highest BCUT2D eigenvalue weighted by atomic mass is 35.5. The fraction of sp³-hybridized carbons (Fsp3) is 0.182. The first kappa shape index (κ1) is 10.0. The van der Waals surface area contributed by atoms with Crippen molar-refractivity contribution in [2.45, 2.75) is 13.8 Å². The van der Waals surface area contributed by atoms with E-state index in [2.05, 4.69) is 4.99 Å². The van der Waals surface area contributed by atoms with Crippen molar-refractivity contribution in [2.24, 2.45) is 4.99 Å². The summed E-state index contributed by atoms with van der Waals surface area (Å²) in [7, 11) is 0. The zero-order valence-corrected chi connectivity index (χ0v) is 8.55. The Kier molecular flexibility index (Phi) is 3.71. The van der Waals surface area contributed by atoms with Gasteiger partial charge in [-0.15, -0.1) is 0 Å². The van der Waals surface area contributed by atoms with Gasteiger partial charge in [-0.25, -0.2) is 4.99 Å². The lowest BCUT2D eigenvalue weighted by atomic mass is 10.1. The summed E-state index contributed by atoms with van der Waals surface area (Å²) in [4.78, 5) is 4.21. The quantitative estimate of drug-likeness (QED) is 0.630. The number of allylic oxidation sites excluding steroid dienone is 1. The molecule has 13 heavy (non-hydrogen) atoms. The maximum atomic E-state index is 5.71. The van der Waals surface area contributed by atoms with Gasteiger partial charge in [-0.3, -0.25) is 0 Å². The van der Waals surface area contributed by atoms with Gasteiger partial charge < -0.3 is 0 Å². The standard InChI is InChI=1S/C11H12ClN/c1-3-6-10-7-4-5-8-11(10)13-9(2)12/h3-8H,1-2H3/b6-3+,13-9?. The molecule has 0 aromatic heterocycles. The van der Waals surface area contributed by atoms with E-state index in [4.69, 9.17) is 11.6 Å². The van der Waals surface area contributed by atoms with E-state index in [9.17, 15) is 0 Å². The van der Waals surface area contributed by atoms with Crippen LogP contribution in [0, 0.1) is 0 Å². The van der Waals surface area contributed by atoms with E-state index in [1.54, 1.807) is 6.92 Å². The second-order valence-electron chi connectivity index (χ2n) is 2.67. The molecule has 0 radical (unpaired) electrons. The smallest absolute Gasteiger partial charge is 0.103 e. The highest BCUT2D eigenvalue weighted by Gasteiger charge is 1.95. The molecule has 0 atom stereocenters. The third-order valence-electron chi connectivity index (χ3n) is 1.56. The van der Waals surface area contributed by atoms with Crippen LogP contribution >= 0.6 is 11.6 Å². The number of aliphatic imine (C=N–C) groups is 1. The summed E-state index contributed by atoms with van der Waals surface area (Å²) >= 11 is 5.71. The SMILES string of the molecule is C/C=C/c1ccccc1N=C(C)Cl. The van der Waals surface area contributed by atoms with Gasteiger partial charge in [0.15, 0.2) is 0 Å². The Morgan fingerprint density at radius 2 is 2.08 bits per heavy atom. The molecule has 0 aliphatic rings. The van der Waals surface area contributed by atoms with E-state index in [-0.39, 0.29) is 0 Å². The molecule has 0 amide bonds. The Labute approximate surface area is 83.8 Å². The Hall–Kier alpha value is -1.08. The van der Waals surface area contributed by atoms with Crippen molar-refractivity contribution in [3.05, 3.63) is 35.9 Å². The third kappa shape index (κ3) is 3.03. The van der Waals surface area contributed by atoms with Gasteiger partial charge in [0.25, 0.3) is 0 Å². The van der Waals surface area contributed by atoms with Crippen LogP contribution in [0.15, 0.2) is 35.3 Å². The van der Waals surface area contributed by atoms with Crippen LogP contribution in [-0.2, 0) is 0 Å². The molecule has 0 bridgehead atoms. The van der Waals surface area contributed by atoms with Crippen LogP contribution in [-0.4, -0.2) is 5.17 Å². The fourth-order valence-corrected chi connectivity index (χ4v) is 1.17. The predicted octanol–water partition coefficient (Wildman–Crippen LogP) is 4.01. The van der Waals surface area contributed by atoms with Gasteiger partial charge in [0.1, 0.15) is 5.17 Å². The predicted molar refractivity (Wildman–Crippen MR) is 59.8 cm³/mol. The van der Waals surface area contributed by atoms with Gasteiger partial charge >= 0.3 is 0 Å². The number of para-hydroxylation sites is 1. The molecule has 0 heterocycles. The molecular weight excluding hydrogens is 182 g/mol. The Morgan fingerprint density at radius 1 is 1.38 bits per heavy atom. The molecule has 0 spiro atoms. The van der Waals surface area contributed by atoms with Crippen LogP contribution in [0.25, 0.3) is 6.08 Å². The number of nitrogens with zero attached hydrogens (tertiary/aromatic N) is 1. The molecule has 1 nitrogen and oxygen atoms in total. The van der Waals surface area contributed by atoms with Crippen LogP contribution < -0.4 is 0 Å². The van der Waals surface area contributed by atoms with E-state index >= 15 is 0 Å². The molecular formula is C11H12ClN. The van der Waals surface area contributed by atoms with Crippen molar-refractivity contribution in [3.63, 3.8) is 0 Å². The van der Waals surface area contributed by atoms with E-state index in [0.29, 0.717) is 5.17 Å². The highest BCUT2D eigenvalue weighted by molar-refractivity contribution is 6.65. The zero-order chi connectivity index (χ0) is 9.68. The third-order valence-corrected chi connectivity index (χ3v) is 1.64. The molecule has 0 aliphatic heterocycles. The van der Waals surface area contributed by atoms with Crippen LogP contribution in [0.1, 0.15) is 19.4 Å². The van der Waals surface area contributed by atoms with E-state index in [1.807, 2.05) is 43.3 Å². The Morgan fingerprint density at radius 3 is 2.69 bits per heavy atom. The van der Waals surface area contributed by atoms with Gasteiger partial charge in [0.2, 0.25) is 0 Å². The second-order valence-corrected chi connectivity index (χ2v) is 3.21. The van der Waals surface area contributed by atoms with Gasteiger partial charge in [0.05, 0.1) is 5.69 Å². The molecule has 0 saturated carbocycles. The van der Waals surface area contributed by atoms with Gasteiger partial charge in [-0.1, -0.05) is 42.0 Å². The average Bonchev–Trinajstić information content (AvgIpc) is 2.08. The summed E-state index contributed by atoms with van der Waals surface area (Å²) < 4.78 is 0. The molecule has 0 aliphatic carbocycles. The van der Waals surface area contributed by atoms with E-state index in [0.717, 1.165) is 11.3 Å². The molecule has 1 aromatic rings. The van der Waals surface area contributed by atoms with Crippen molar-refractivity contribution < 1.29 is 0 Å². The normalized spacial score (nSPS) is 12.4. The van der Waals surface area contributed by atoms with Crippen molar-refractivity contribution in [3.8, 4) is 0 Å². The van der Waals surface area contributed by atoms with E-state index < -0.39 is 0 Å². The lowest BCUT2D eigenvalue weighted by Gasteiger charge is -1.99. The molecule has 2 heteroatoms. The first-order chi connectivity index (χ1) is 6.24. The van der Waals surface area contributed by atoms with Crippen molar-refractivity contribution in [1.29, 1.82) is 0 Å². The van der Waals surface area contributed by atoms with E-state index in [1.165, 1.54) is 0 Å². The molecule has 0 N–H and O–H groups in total. The van der Waals surface area contributed by atoms with Gasteiger partial charge in [-0.05, 0) is 25.5 Å². The minimum absolute atomic E-state index is 0.553. The Balaban J connectivity index is 3.12. The molecule has 68 valence electrons. The largest absolute Gasteiger partial charge is 0.241 e. The highest BCUT2D eigenvalue weighted by Crippen LogP contribution is 2.20. The summed E-state index contributed by atoms with van der Waals surface area (Å²) in [5, 5.41) is 0.553. The number of hydrogen-bond acceptors (Lipinski definition) is 1. The lowest BCUT2D eigenvalue weighted by Crippen LogP contribution is -1.77. The number of benzene rings is 1. The van der Waals surface area contributed by atoms with Gasteiger partial charge in [0, 0.05) is 0 Å². The van der Waals surface area contributed by atoms with Crippen LogP contribution in [0.2, 0.25) is 0 Å². The van der Waals surface area contributed by atoms with Crippen molar-refractivity contribution >= 4 is 28.5 Å². The summed E-state index contributed by atoms with van der Waals surface area (Å²) in [6.07, 6.45) is 4.00. The summed E-state index contributed by atoms with van der Waals surface area (Å²) in [6.45, 7) is 3.75. The van der Waals surface area contributed by atoms with Crippen molar-refractivity contribution in [1.82, 2.24) is 0 Å². The summed E-state index contributed by atoms with van der Waals surface area (Å²) in [5.74, 6) is 0. The lowest BCUT2D eigenvalue weighted by molar-refractivity contribution is 1.49. The molecule has 1 rings (SSSR count). The second kappa shape index (κ2) is 4.83. The first-order valence-corrected chi connectivity index (χ1v) is 4.54. The maximum Gasteiger partial charge on any atom is 0.103 e. The van der Waals surface area contributed by atoms with Crippen LogP contribution in [0.5, 0.6) is 0 Å². The topological polar surface area (TPSA) is 12.4 Å². The Bertz CT molecular complexity index is 336. The fourth-order valence-electron chi connectivity index (χ4n) is 1.08. The van der Waals surface area contributed by atoms with Crippen molar-refractivity contribution in [2.75, 3.05) is 0 Å². The average molecular weight is 194 g/mol. The molecule has 0 fully saturated rings. The van der Waals surface area contributed by atoms with Crippen LogP contribution in [0.4, 0.5) is 5.69 Å².